The maximum absolute atomic E-state index is 12.5. The van der Waals surface area contributed by atoms with Gasteiger partial charge in [-0.25, -0.2) is 4.79 Å². The highest BCUT2D eigenvalue weighted by molar-refractivity contribution is 5.89. The highest BCUT2D eigenvalue weighted by Crippen LogP contribution is 2.21. The Morgan fingerprint density at radius 1 is 1.19 bits per heavy atom. The molecular formula is C20H27N3O3. The number of benzene rings is 1. The Bertz CT molecular complexity index is 707. The van der Waals surface area contributed by atoms with Gasteiger partial charge in [0.05, 0.1) is 25.0 Å². The first-order chi connectivity index (χ1) is 12.5. The predicted octanol–water partition coefficient (Wildman–Crippen LogP) is 3.55. The molecule has 140 valence electrons. The number of carbonyl (C=O) groups excluding carboxylic acids is 1. The lowest BCUT2D eigenvalue weighted by atomic mass is 10.1. The van der Waals surface area contributed by atoms with Gasteiger partial charge in [0.2, 0.25) is 0 Å². The fraction of sp³-hybridized carbons (Fsp3) is 0.450. The summed E-state index contributed by atoms with van der Waals surface area (Å²) < 4.78 is 11.1. The molecule has 1 saturated heterocycles. The minimum Gasteiger partial charge on any atom is -0.467 e. The summed E-state index contributed by atoms with van der Waals surface area (Å²) in [5.74, 6) is 0.757. The van der Waals surface area contributed by atoms with Gasteiger partial charge in [-0.1, -0.05) is 18.2 Å². The van der Waals surface area contributed by atoms with Crippen molar-refractivity contribution in [3.8, 4) is 0 Å². The molecule has 2 heterocycles. The lowest BCUT2D eigenvalue weighted by Crippen LogP contribution is -2.45. The van der Waals surface area contributed by atoms with Crippen molar-refractivity contribution in [2.24, 2.45) is 0 Å². The first-order valence-corrected chi connectivity index (χ1v) is 9.01. The normalized spacial score (nSPS) is 20.7. The molecule has 6 heteroatoms. The Labute approximate surface area is 154 Å². The molecule has 0 saturated carbocycles. The summed E-state index contributed by atoms with van der Waals surface area (Å²) in [6, 6.07) is 11.5. The van der Waals surface area contributed by atoms with Crippen LogP contribution >= 0.6 is 0 Å². The van der Waals surface area contributed by atoms with E-state index in [-0.39, 0.29) is 18.2 Å². The van der Waals surface area contributed by atoms with Crippen LogP contribution in [0.2, 0.25) is 0 Å². The summed E-state index contributed by atoms with van der Waals surface area (Å²) in [6.45, 7) is 7.20. The van der Waals surface area contributed by atoms with Crippen LogP contribution in [0.5, 0.6) is 0 Å². The number of ether oxygens (including phenoxy) is 1. The van der Waals surface area contributed by atoms with Crippen molar-refractivity contribution in [1.29, 1.82) is 0 Å². The zero-order chi connectivity index (χ0) is 18.5. The summed E-state index contributed by atoms with van der Waals surface area (Å²) in [5.41, 5.74) is 1.95. The number of nitrogens with one attached hydrogen (secondary N) is 1. The summed E-state index contributed by atoms with van der Waals surface area (Å²) in [4.78, 5) is 16.5. The average Bonchev–Trinajstić information content (AvgIpc) is 3.08. The van der Waals surface area contributed by atoms with Crippen molar-refractivity contribution in [2.75, 3.05) is 25.5 Å². The minimum atomic E-state index is -0.155. The van der Waals surface area contributed by atoms with Crippen LogP contribution in [0.3, 0.4) is 0 Å². The summed E-state index contributed by atoms with van der Waals surface area (Å²) in [5, 5.41) is 3.02. The molecule has 0 radical (unpaired) electrons. The third-order valence-corrected chi connectivity index (χ3v) is 4.47. The number of urea groups is 1. The molecule has 0 spiro atoms. The Kier molecular flexibility index (Phi) is 5.96. The van der Waals surface area contributed by atoms with E-state index in [1.165, 1.54) is 0 Å². The molecule has 1 aromatic carbocycles. The van der Waals surface area contributed by atoms with Gasteiger partial charge < -0.3 is 19.4 Å². The van der Waals surface area contributed by atoms with Crippen LogP contribution in [0, 0.1) is 0 Å². The highest BCUT2D eigenvalue weighted by atomic mass is 16.5. The number of furan rings is 1. The number of rotatable bonds is 5. The van der Waals surface area contributed by atoms with Gasteiger partial charge in [-0.15, -0.1) is 0 Å². The van der Waals surface area contributed by atoms with Gasteiger partial charge in [-0.2, -0.15) is 0 Å². The minimum absolute atomic E-state index is 0.155. The van der Waals surface area contributed by atoms with E-state index in [1.54, 1.807) is 18.2 Å². The van der Waals surface area contributed by atoms with Crippen LogP contribution in [0.25, 0.3) is 0 Å². The van der Waals surface area contributed by atoms with Crippen molar-refractivity contribution < 1.29 is 13.9 Å². The Balaban J connectivity index is 1.64. The van der Waals surface area contributed by atoms with Gasteiger partial charge in [0.25, 0.3) is 0 Å². The number of hydrogen-bond acceptors (Lipinski definition) is 4. The van der Waals surface area contributed by atoms with E-state index in [4.69, 9.17) is 9.15 Å². The zero-order valence-corrected chi connectivity index (χ0v) is 15.6. The number of carbonyl (C=O) groups is 1. The van der Waals surface area contributed by atoms with E-state index in [0.717, 1.165) is 36.6 Å². The topological polar surface area (TPSA) is 58.0 Å². The van der Waals surface area contributed by atoms with E-state index in [1.807, 2.05) is 30.3 Å². The van der Waals surface area contributed by atoms with Gasteiger partial charge in [-0.05, 0) is 37.6 Å². The molecule has 2 amide bonds. The first-order valence-electron chi connectivity index (χ1n) is 9.01. The summed E-state index contributed by atoms with van der Waals surface area (Å²) in [7, 11) is 1.76. The van der Waals surface area contributed by atoms with Gasteiger partial charge >= 0.3 is 6.03 Å². The molecule has 0 bridgehead atoms. The van der Waals surface area contributed by atoms with Crippen molar-refractivity contribution in [1.82, 2.24) is 9.80 Å². The Morgan fingerprint density at radius 3 is 2.62 bits per heavy atom. The van der Waals surface area contributed by atoms with E-state index < -0.39 is 0 Å². The molecule has 0 aliphatic carbocycles. The van der Waals surface area contributed by atoms with Crippen LogP contribution in [-0.4, -0.2) is 48.2 Å². The van der Waals surface area contributed by atoms with Crippen molar-refractivity contribution >= 4 is 11.7 Å². The molecule has 3 rings (SSSR count). The van der Waals surface area contributed by atoms with Crippen molar-refractivity contribution in [3.05, 3.63) is 54.0 Å². The second-order valence-electron chi connectivity index (χ2n) is 6.97. The first kappa shape index (κ1) is 18.5. The van der Waals surface area contributed by atoms with Crippen LogP contribution < -0.4 is 5.32 Å². The number of hydrogen-bond donors (Lipinski definition) is 1. The smallest absolute Gasteiger partial charge is 0.322 e. The third kappa shape index (κ3) is 4.86. The van der Waals surface area contributed by atoms with Crippen LogP contribution in [-0.2, 0) is 17.8 Å². The van der Waals surface area contributed by atoms with Gasteiger partial charge in [0.1, 0.15) is 5.76 Å². The van der Waals surface area contributed by atoms with Gasteiger partial charge in [0, 0.05) is 32.4 Å². The van der Waals surface area contributed by atoms with Crippen LogP contribution in [0.15, 0.2) is 47.1 Å². The molecule has 2 aromatic rings. The van der Waals surface area contributed by atoms with Gasteiger partial charge in [0.15, 0.2) is 0 Å². The number of amides is 2. The molecule has 1 aromatic heterocycles. The second-order valence-corrected chi connectivity index (χ2v) is 6.97. The fourth-order valence-corrected chi connectivity index (χ4v) is 3.35. The monoisotopic (exact) mass is 357 g/mol. The lowest BCUT2D eigenvalue weighted by molar-refractivity contribution is -0.0704. The van der Waals surface area contributed by atoms with Crippen molar-refractivity contribution in [3.63, 3.8) is 0 Å². The molecule has 2 atom stereocenters. The largest absolute Gasteiger partial charge is 0.467 e. The maximum Gasteiger partial charge on any atom is 0.322 e. The molecule has 1 aliphatic rings. The Hall–Kier alpha value is -2.31. The molecule has 1 N–H and O–H groups in total. The third-order valence-electron chi connectivity index (χ3n) is 4.47. The van der Waals surface area contributed by atoms with E-state index >= 15 is 0 Å². The standard InChI is InChI=1S/C20H27N3O3/c1-15-11-23(12-16(2)26-15)13-17-7-4-5-9-19(17)21-20(24)22(3)14-18-8-6-10-25-18/h4-10,15-16H,11-14H2,1-3H3,(H,21,24)/t15-,16-/m1/s1. The Morgan fingerprint density at radius 2 is 1.92 bits per heavy atom. The number of anilines is 1. The molecule has 1 fully saturated rings. The molecule has 0 unspecified atom stereocenters. The quantitative estimate of drug-likeness (QED) is 0.889. The highest BCUT2D eigenvalue weighted by Gasteiger charge is 2.23. The van der Waals surface area contributed by atoms with Crippen LogP contribution in [0.4, 0.5) is 10.5 Å². The van der Waals surface area contributed by atoms with E-state index in [0.29, 0.717) is 6.54 Å². The van der Waals surface area contributed by atoms with Crippen LogP contribution in [0.1, 0.15) is 25.2 Å². The van der Waals surface area contributed by atoms with E-state index in [9.17, 15) is 4.79 Å². The predicted molar refractivity (Wildman–Crippen MR) is 101 cm³/mol. The summed E-state index contributed by atoms with van der Waals surface area (Å²) >= 11 is 0. The zero-order valence-electron chi connectivity index (χ0n) is 15.6. The molecule has 26 heavy (non-hydrogen) atoms. The molecular weight excluding hydrogens is 330 g/mol. The summed E-state index contributed by atoms with van der Waals surface area (Å²) in [6.07, 6.45) is 2.06. The molecule has 1 aliphatic heterocycles. The van der Waals surface area contributed by atoms with Gasteiger partial charge in [-0.3, -0.25) is 4.90 Å². The fourth-order valence-electron chi connectivity index (χ4n) is 3.35. The number of morpholine rings is 1. The van der Waals surface area contributed by atoms with E-state index in [2.05, 4.69) is 30.1 Å². The number of nitrogens with zero attached hydrogens (tertiary/aromatic N) is 2. The lowest BCUT2D eigenvalue weighted by Gasteiger charge is -2.35. The molecule has 6 nitrogen and oxygen atoms in total. The average molecular weight is 357 g/mol. The maximum atomic E-state index is 12.5. The van der Waals surface area contributed by atoms with Crippen molar-refractivity contribution in [2.45, 2.75) is 39.1 Å². The number of para-hydroxylation sites is 1. The second kappa shape index (κ2) is 8.38. The SMILES string of the molecule is C[C@@H]1CN(Cc2ccccc2NC(=O)N(C)Cc2ccco2)C[C@@H](C)O1.